The van der Waals surface area contributed by atoms with Gasteiger partial charge in [0, 0.05) is 19.3 Å². The molecule has 6 nitrogen and oxygen atoms in total. The molecule has 0 aliphatic carbocycles. The van der Waals surface area contributed by atoms with Crippen LogP contribution in [-0.2, 0) is 28.6 Å². The fourth-order valence-corrected chi connectivity index (χ4v) is 7.10. The van der Waals surface area contributed by atoms with Crippen LogP contribution >= 0.6 is 0 Å². The number of carbonyl (C=O) groups excluding carboxylic acids is 3. The van der Waals surface area contributed by atoms with E-state index in [0.717, 1.165) is 38.5 Å². The van der Waals surface area contributed by atoms with Gasteiger partial charge in [-0.25, -0.2) is 0 Å². The van der Waals surface area contributed by atoms with Crippen molar-refractivity contribution >= 4 is 17.9 Å². The van der Waals surface area contributed by atoms with E-state index >= 15 is 0 Å². The smallest absolute Gasteiger partial charge is 0.305 e. The van der Waals surface area contributed by atoms with E-state index in [9.17, 15) is 14.4 Å². The first-order chi connectivity index (χ1) is 29.4. The summed E-state index contributed by atoms with van der Waals surface area (Å²) in [4.78, 5) is 34.5. The van der Waals surface area contributed by atoms with Crippen LogP contribution in [0.15, 0.2) is 0 Å². The third-order valence-corrected chi connectivity index (χ3v) is 11.2. The molecular formula is C54H108O6. The molecule has 0 N–H and O–H groups in total. The van der Waals surface area contributed by atoms with E-state index in [0.29, 0.717) is 39.1 Å². The third kappa shape index (κ3) is 63.1. The lowest BCUT2D eigenvalue weighted by Crippen LogP contribution is -2.05. The molecule has 0 bridgehead atoms. The summed E-state index contributed by atoms with van der Waals surface area (Å²) in [7, 11) is 0. The lowest BCUT2D eigenvalue weighted by Gasteiger charge is -2.05. The van der Waals surface area contributed by atoms with Gasteiger partial charge in [-0.3, -0.25) is 14.4 Å². The summed E-state index contributed by atoms with van der Waals surface area (Å²) in [5.74, 6) is 0.0198. The minimum atomic E-state index is 0.00659. The number of ether oxygens (including phenoxy) is 3. The van der Waals surface area contributed by atoms with E-state index in [1.54, 1.807) is 0 Å². The van der Waals surface area contributed by atoms with Crippen LogP contribution in [0.3, 0.4) is 0 Å². The summed E-state index contributed by atoms with van der Waals surface area (Å²) in [6.45, 7) is 15.3. The Hall–Kier alpha value is -1.59. The van der Waals surface area contributed by atoms with Gasteiger partial charge < -0.3 is 14.2 Å². The fraction of sp³-hybridized carbons (Fsp3) is 0.944. The van der Waals surface area contributed by atoms with Crippen LogP contribution < -0.4 is 0 Å². The Bertz CT molecular complexity index is 649. The zero-order valence-corrected chi connectivity index (χ0v) is 41.8. The summed E-state index contributed by atoms with van der Waals surface area (Å²) in [5, 5.41) is 0. The maximum absolute atomic E-state index is 11.5. The Labute approximate surface area is 376 Å². The molecule has 6 heteroatoms. The second-order valence-corrected chi connectivity index (χ2v) is 17.6. The van der Waals surface area contributed by atoms with E-state index in [4.69, 9.17) is 14.2 Å². The molecule has 0 aliphatic heterocycles. The highest BCUT2D eigenvalue weighted by atomic mass is 16.5. The van der Waals surface area contributed by atoms with Gasteiger partial charge in [-0.05, 0) is 38.5 Å². The highest BCUT2D eigenvalue weighted by molar-refractivity contribution is 5.69. The van der Waals surface area contributed by atoms with Crippen LogP contribution in [-0.4, -0.2) is 37.7 Å². The quantitative estimate of drug-likeness (QED) is 0.0345. The van der Waals surface area contributed by atoms with Gasteiger partial charge in [-0.2, -0.15) is 0 Å². The zero-order valence-electron chi connectivity index (χ0n) is 41.8. The van der Waals surface area contributed by atoms with Crippen molar-refractivity contribution in [1.29, 1.82) is 0 Å². The molecular weight excluding hydrogens is 745 g/mol. The van der Waals surface area contributed by atoms with E-state index in [2.05, 4.69) is 41.5 Å². The largest absolute Gasteiger partial charge is 0.466 e. The lowest BCUT2D eigenvalue weighted by molar-refractivity contribution is -0.144. The summed E-state index contributed by atoms with van der Waals surface area (Å²) in [6.07, 6.45) is 50.5. The van der Waals surface area contributed by atoms with Crippen molar-refractivity contribution in [2.24, 2.45) is 0 Å². The van der Waals surface area contributed by atoms with Crippen LogP contribution in [0.25, 0.3) is 0 Å². The second kappa shape index (κ2) is 59.5. The van der Waals surface area contributed by atoms with Gasteiger partial charge in [-0.1, -0.05) is 253 Å². The molecule has 0 aromatic heterocycles. The molecule has 0 fully saturated rings. The fourth-order valence-electron chi connectivity index (χ4n) is 7.10. The standard InChI is InChI=1S/3C18H36O2/c3*1-3-5-7-9-11-12-14-16-18(19)20-17-15-13-10-8-6-4-2/h3*3-17H2,1-2H3. The number of esters is 3. The molecule has 0 spiro atoms. The molecule has 0 amide bonds. The molecule has 0 aromatic carbocycles. The minimum Gasteiger partial charge on any atom is -0.466 e. The van der Waals surface area contributed by atoms with Crippen molar-refractivity contribution in [3.05, 3.63) is 0 Å². The van der Waals surface area contributed by atoms with Crippen molar-refractivity contribution in [1.82, 2.24) is 0 Å². The molecule has 0 heterocycles. The second-order valence-electron chi connectivity index (χ2n) is 17.6. The van der Waals surface area contributed by atoms with Crippen LogP contribution in [0.2, 0.25) is 0 Å². The van der Waals surface area contributed by atoms with E-state index in [1.807, 2.05) is 0 Å². The topological polar surface area (TPSA) is 78.9 Å². The molecule has 0 rings (SSSR count). The molecule has 0 aliphatic rings. The predicted molar refractivity (Wildman–Crippen MR) is 261 cm³/mol. The van der Waals surface area contributed by atoms with Crippen molar-refractivity contribution in [3.8, 4) is 0 Å². The van der Waals surface area contributed by atoms with Gasteiger partial charge in [0.05, 0.1) is 19.8 Å². The maximum atomic E-state index is 11.5. The predicted octanol–water partition coefficient (Wildman–Crippen LogP) is 18.1. The average Bonchev–Trinajstić information content (AvgIpc) is 3.25. The molecule has 0 atom stereocenters. The van der Waals surface area contributed by atoms with Gasteiger partial charge in [0.2, 0.25) is 0 Å². The summed E-state index contributed by atoms with van der Waals surface area (Å²) >= 11 is 0. The van der Waals surface area contributed by atoms with Crippen LogP contribution in [0.4, 0.5) is 0 Å². The van der Waals surface area contributed by atoms with Crippen molar-refractivity contribution in [3.63, 3.8) is 0 Å². The Morgan fingerprint density at radius 3 is 0.550 bits per heavy atom. The lowest BCUT2D eigenvalue weighted by atomic mass is 10.1. The normalized spacial score (nSPS) is 10.7. The van der Waals surface area contributed by atoms with Gasteiger partial charge in [-0.15, -0.1) is 0 Å². The van der Waals surface area contributed by atoms with Crippen molar-refractivity contribution in [2.75, 3.05) is 19.8 Å². The molecule has 0 saturated carbocycles. The maximum Gasteiger partial charge on any atom is 0.305 e. The first-order valence-corrected chi connectivity index (χ1v) is 26.9. The van der Waals surface area contributed by atoms with Gasteiger partial charge in [0.25, 0.3) is 0 Å². The molecule has 0 aromatic rings. The average molecular weight is 853 g/mol. The number of unbranched alkanes of at least 4 members (excludes halogenated alkanes) is 33. The minimum absolute atomic E-state index is 0.00659. The molecule has 0 radical (unpaired) electrons. The number of rotatable bonds is 45. The highest BCUT2D eigenvalue weighted by Gasteiger charge is 2.05. The summed E-state index contributed by atoms with van der Waals surface area (Å²) < 4.78 is 15.8. The van der Waals surface area contributed by atoms with Crippen LogP contribution in [0.5, 0.6) is 0 Å². The Morgan fingerprint density at radius 1 is 0.217 bits per heavy atom. The van der Waals surface area contributed by atoms with Gasteiger partial charge in [0.1, 0.15) is 0 Å². The number of carbonyl (C=O) groups is 3. The SMILES string of the molecule is CCCCCCCCCC(=O)OCCCCCCCC.CCCCCCCCCC(=O)OCCCCCCCC.CCCCCCCCCC(=O)OCCCCCCCC. The van der Waals surface area contributed by atoms with Gasteiger partial charge >= 0.3 is 17.9 Å². The molecule has 60 heavy (non-hydrogen) atoms. The van der Waals surface area contributed by atoms with E-state index in [1.165, 1.54) is 212 Å². The van der Waals surface area contributed by atoms with E-state index in [-0.39, 0.29) is 17.9 Å². The highest BCUT2D eigenvalue weighted by Crippen LogP contribution is 2.13. The monoisotopic (exact) mass is 853 g/mol. The molecule has 360 valence electrons. The Balaban J connectivity index is -0.000000812. The summed E-state index contributed by atoms with van der Waals surface area (Å²) in [6, 6.07) is 0. The number of hydrogen-bond donors (Lipinski definition) is 0. The Kier molecular flexibility index (Phi) is 62.2. The van der Waals surface area contributed by atoms with E-state index < -0.39 is 0 Å². The van der Waals surface area contributed by atoms with Gasteiger partial charge in [0.15, 0.2) is 0 Å². The van der Waals surface area contributed by atoms with Crippen molar-refractivity contribution < 1.29 is 28.6 Å². The number of hydrogen-bond acceptors (Lipinski definition) is 6. The molecule has 0 unspecified atom stereocenters. The van der Waals surface area contributed by atoms with Crippen LogP contribution in [0, 0.1) is 0 Å². The molecule has 0 saturated heterocycles. The summed E-state index contributed by atoms with van der Waals surface area (Å²) in [5.41, 5.74) is 0. The first kappa shape index (κ1) is 62.7. The van der Waals surface area contributed by atoms with Crippen LogP contribution in [0.1, 0.15) is 311 Å². The first-order valence-electron chi connectivity index (χ1n) is 26.9. The zero-order chi connectivity index (χ0) is 44.7. The third-order valence-electron chi connectivity index (χ3n) is 11.2. The Morgan fingerprint density at radius 2 is 0.367 bits per heavy atom. The van der Waals surface area contributed by atoms with Crippen molar-refractivity contribution in [2.45, 2.75) is 311 Å².